The second kappa shape index (κ2) is 3.26. The molecule has 0 saturated heterocycles. The molecule has 0 atom stereocenters. The van der Waals surface area contributed by atoms with E-state index in [-0.39, 0.29) is 5.54 Å². The molecule has 0 aliphatic carbocycles. The van der Waals surface area contributed by atoms with E-state index in [1.54, 1.807) is 7.11 Å². The standard InChI is InChI=1S/C12H16N2O/c1-12(2,3)14-8-13-10-6-5-9(15-4)7-11(10)14/h5-8H,1-4H3. The average molecular weight is 204 g/mol. The van der Waals surface area contributed by atoms with Crippen molar-refractivity contribution in [2.24, 2.45) is 0 Å². The van der Waals surface area contributed by atoms with Gasteiger partial charge >= 0.3 is 0 Å². The van der Waals surface area contributed by atoms with Gasteiger partial charge in [-0.15, -0.1) is 0 Å². The third kappa shape index (κ3) is 1.69. The minimum Gasteiger partial charge on any atom is -0.497 e. The molecule has 3 heteroatoms. The number of hydrogen-bond acceptors (Lipinski definition) is 2. The summed E-state index contributed by atoms with van der Waals surface area (Å²) in [7, 11) is 1.68. The zero-order chi connectivity index (χ0) is 11.1. The fraction of sp³-hybridized carbons (Fsp3) is 0.417. The molecule has 0 saturated carbocycles. The van der Waals surface area contributed by atoms with Gasteiger partial charge in [0.15, 0.2) is 0 Å². The third-order valence-electron chi connectivity index (χ3n) is 2.48. The lowest BCUT2D eigenvalue weighted by molar-refractivity contribution is 0.404. The molecule has 0 spiro atoms. The van der Waals surface area contributed by atoms with E-state index in [0.717, 1.165) is 16.8 Å². The highest BCUT2D eigenvalue weighted by atomic mass is 16.5. The van der Waals surface area contributed by atoms with Gasteiger partial charge in [0.2, 0.25) is 0 Å². The van der Waals surface area contributed by atoms with Crippen LogP contribution in [0.1, 0.15) is 20.8 Å². The van der Waals surface area contributed by atoms with Crippen molar-refractivity contribution in [2.45, 2.75) is 26.3 Å². The van der Waals surface area contributed by atoms with Crippen molar-refractivity contribution >= 4 is 11.0 Å². The molecule has 15 heavy (non-hydrogen) atoms. The monoisotopic (exact) mass is 204 g/mol. The first-order chi connectivity index (χ1) is 7.02. The van der Waals surface area contributed by atoms with Gasteiger partial charge in [-0.25, -0.2) is 4.98 Å². The summed E-state index contributed by atoms with van der Waals surface area (Å²) in [5.41, 5.74) is 2.16. The molecule has 0 aliphatic heterocycles. The van der Waals surface area contributed by atoms with Gasteiger partial charge in [0.25, 0.3) is 0 Å². The number of methoxy groups -OCH3 is 1. The first kappa shape index (κ1) is 10.0. The molecule has 3 nitrogen and oxygen atoms in total. The summed E-state index contributed by atoms with van der Waals surface area (Å²) in [5, 5.41) is 0. The Morgan fingerprint density at radius 1 is 1.27 bits per heavy atom. The van der Waals surface area contributed by atoms with Gasteiger partial charge in [0.05, 0.1) is 24.5 Å². The second-order valence-corrected chi connectivity index (χ2v) is 4.64. The molecule has 0 aliphatic rings. The molecule has 0 unspecified atom stereocenters. The van der Waals surface area contributed by atoms with Gasteiger partial charge in [-0.1, -0.05) is 0 Å². The Morgan fingerprint density at radius 3 is 2.60 bits per heavy atom. The normalized spacial score (nSPS) is 12.0. The number of imidazole rings is 1. The summed E-state index contributed by atoms with van der Waals surface area (Å²) < 4.78 is 7.38. The number of fused-ring (bicyclic) bond motifs is 1. The summed E-state index contributed by atoms with van der Waals surface area (Å²) in [6, 6.07) is 5.94. The van der Waals surface area contributed by atoms with E-state index >= 15 is 0 Å². The highest BCUT2D eigenvalue weighted by molar-refractivity contribution is 5.77. The maximum atomic E-state index is 5.22. The summed E-state index contributed by atoms with van der Waals surface area (Å²) in [6.07, 6.45) is 1.88. The third-order valence-corrected chi connectivity index (χ3v) is 2.48. The van der Waals surface area contributed by atoms with E-state index in [1.165, 1.54) is 0 Å². The van der Waals surface area contributed by atoms with Crippen molar-refractivity contribution in [3.05, 3.63) is 24.5 Å². The SMILES string of the molecule is COc1ccc2ncn(C(C)(C)C)c2c1. The molecule has 0 bridgehead atoms. The molecular weight excluding hydrogens is 188 g/mol. The van der Waals surface area contributed by atoms with Crippen molar-refractivity contribution in [3.63, 3.8) is 0 Å². The summed E-state index contributed by atoms with van der Waals surface area (Å²) in [4.78, 5) is 4.37. The van der Waals surface area contributed by atoms with Crippen LogP contribution in [0.25, 0.3) is 11.0 Å². The zero-order valence-corrected chi connectivity index (χ0v) is 9.61. The molecule has 1 aromatic heterocycles. The Balaban J connectivity index is 2.67. The fourth-order valence-corrected chi connectivity index (χ4v) is 1.65. The molecule has 1 aromatic carbocycles. The van der Waals surface area contributed by atoms with Crippen LogP contribution in [0, 0.1) is 0 Å². The van der Waals surface area contributed by atoms with Crippen molar-refractivity contribution in [1.29, 1.82) is 0 Å². The van der Waals surface area contributed by atoms with Crippen LogP contribution in [0.15, 0.2) is 24.5 Å². The zero-order valence-electron chi connectivity index (χ0n) is 9.61. The minimum absolute atomic E-state index is 0.0428. The van der Waals surface area contributed by atoms with Gasteiger partial charge in [0, 0.05) is 11.6 Å². The summed E-state index contributed by atoms with van der Waals surface area (Å²) in [5.74, 6) is 0.869. The van der Waals surface area contributed by atoms with Gasteiger partial charge in [-0.2, -0.15) is 0 Å². The van der Waals surface area contributed by atoms with E-state index in [1.807, 2.05) is 24.5 Å². The molecule has 0 amide bonds. The molecule has 2 aromatic rings. The molecule has 80 valence electrons. The van der Waals surface area contributed by atoms with Crippen LogP contribution in [0.3, 0.4) is 0 Å². The number of nitrogens with zero attached hydrogens (tertiary/aromatic N) is 2. The van der Waals surface area contributed by atoms with Crippen LogP contribution in [0.2, 0.25) is 0 Å². The number of rotatable bonds is 1. The van der Waals surface area contributed by atoms with Crippen molar-refractivity contribution in [3.8, 4) is 5.75 Å². The molecule has 0 N–H and O–H groups in total. The van der Waals surface area contributed by atoms with Gasteiger partial charge in [-0.3, -0.25) is 0 Å². The molecule has 0 radical (unpaired) electrons. The van der Waals surface area contributed by atoms with Crippen molar-refractivity contribution < 1.29 is 4.74 Å². The van der Waals surface area contributed by atoms with Crippen LogP contribution in [0.4, 0.5) is 0 Å². The predicted molar refractivity (Wildman–Crippen MR) is 61.3 cm³/mol. The van der Waals surface area contributed by atoms with Crippen LogP contribution in [-0.4, -0.2) is 16.7 Å². The first-order valence-corrected chi connectivity index (χ1v) is 5.04. The molecule has 2 rings (SSSR count). The van der Waals surface area contributed by atoms with E-state index < -0.39 is 0 Å². The largest absolute Gasteiger partial charge is 0.497 e. The van der Waals surface area contributed by atoms with E-state index in [9.17, 15) is 0 Å². The quantitative estimate of drug-likeness (QED) is 0.714. The van der Waals surface area contributed by atoms with Crippen molar-refractivity contribution in [1.82, 2.24) is 9.55 Å². The number of ether oxygens (including phenoxy) is 1. The molecule has 0 fully saturated rings. The molecule has 1 heterocycles. The fourth-order valence-electron chi connectivity index (χ4n) is 1.65. The maximum absolute atomic E-state index is 5.22. The lowest BCUT2D eigenvalue weighted by Gasteiger charge is -2.21. The molecular formula is C12H16N2O. The van der Waals surface area contributed by atoms with Crippen LogP contribution < -0.4 is 4.74 Å². The van der Waals surface area contributed by atoms with Crippen LogP contribution >= 0.6 is 0 Å². The Morgan fingerprint density at radius 2 is 2.00 bits per heavy atom. The topological polar surface area (TPSA) is 27.1 Å². The number of aromatic nitrogens is 2. The first-order valence-electron chi connectivity index (χ1n) is 5.04. The highest BCUT2D eigenvalue weighted by Gasteiger charge is 2.16. The van der Waals surface area contributed by atoms with E-state index in [0.29, 0.717) is 0 Å². The van der Waals surface area contributed by atoms with Gasteiger partial charge in [0.1, 0.15) is 5.75 Å². The maximum Gasteiger partial charge on any atom is 0.121 e. The lowest BCUT2D eigenvalue weighted by atomic mass is 10.1. The highest BCUT2D eigenvalue weighted by Crippen LogP contribution is 2.25. The summed E-state index contributed by atoms with van der Waals surface area (Å²) in [6.45, 7) is 6.48. The second-order valence-electron chi connectivity index (χ2n) is 4.64. The van der Waals surface area contributed by atoms with Crippen LogP contribution in [0.5, 0.6) is 5.75 Å². The van der Waals surface area contributed by atoms with Crippen molar-refractivity contribution in [2.75, 3.05) is 7.11 Å². The van der Waals surface area contributed by atoms with Crippen LogP contribution in [-0.2, 0) is 5.54 Å². The lowest BCUT2D eigenvalue weighted by Crippen LogP contribution is -2.20. The minimum atomic E-state index is 0.0428. The Labute approximate surface area is 89.7 Å². The smallest absolute Gasteiger partial charge is 0.121 e. The van der Waals surface area contributed by atoms with E-state index in [4.69, 9.17) is 4.74 Å². The predicted octanol–water partition coefficient (Wildman–Crippen LogP) is 2.80. The van der Waals surface area contributed by atoms with Gasteiger partial charge in [-0.05, 0) is 32.9 Å². The average Bonchev–Trinajstić information content (AvgIpc) is 2.59. The Kier molecular flexibility index (Phi) is 2.18. The Bertz CT molecular complexity index is 480. The van der Waals surface area contributed by atoms with Gasteiger partial charge < -0.3 is 9.30 Å². The number of hydrogen-bond donors (Lipinski definition) is 0. The summed E-state index contributed by atoms with van der Waals surface area (Å²) >= 11 is 0. The van der Waals surface area contributed by atoms with E-state index in [2.05, 4.69) is 30.3 Å². The Hall–Kier alpha value is -1.51. The number of benzene rings is 1.